The molecule has 1 N–H and O–H groups in total. The number of nitrogens with one attached hydrogen (secondary N) is 1. The van der Waals surface area contributed by atoms with Gasteiger partial charge in [0.2, 0.25) is 0 Å². The van der Waals surface area contributed by atoms with Crippen molar-refractivity contribution in [3.05, 3.63) is 58.2 Å². The first-order valence-corrected chi connectivity index (χ1v) is 10.7. The van der Waals surface area contributed by atoms with Gasteiger partial charge in [-0.3, -0.25) is 4.79 Å². The molecule has 6 heteroatoms. The Labute approximate surface area is 168 Å². The molecule has 0 saturated carbocycles. The number of benzene rings is 1. The second-order valence-corrected chi connectivity index (χ2v) is 8.52. The summed E-state index contributed by atoms with van der Waals surface area (Å²) >= 11 is 1.59. The molecule has 28 heavy (non-hydrogen) atoms. The van der Waals surface area contributed by atoms with Crippen LogP contribution in [0, 0.1) is 6.92 Å². The summed E-state index contributed by atoms with van der Waals surface area (Å²) in [4.78, 5) is 14.6. The number of ether oxygens (including phenoxy) is 1. The van der Waals surface area contributed by atoms with Crippen molar-refractivity contribution in [1.29, 1.82) is 0 Å². The topological polar surface area (TPSA) is 56.2 Å². The van der Waals surface area contributed by atoms with Crippen LogP contribution in [0.15, 0.2) is 36.4 Å². The first-order valence-electron chi connectivity index (χ1n) is 9.87. The molecule has 1 fully saturated rings. The number of para-hydroxylation sites is 1. The van der Waals surface area contributed by atoms with Gasteiger partial charge in [-0.25, -0.2) is 4.68 Å². The summed E-state index contributed by atoms with van der Waals surface area (Å²) in [6.07, 6.45) is 4.15. The largest absolute Gasteiger partial charge is 0.376 e. The van der Waals surface area contributed by atoms with Gasteiger partial charge in [0.05, 0.1) is 28.1 Å². The molecule has 2 aromatic heterocycles. The van der Waals surface area contributed by atoms with E-state index in [1.54, 1.807) is 11.3 Å². The molecule has 0 spiro atoms. The maximum absolute atomic E-state index is 12.7. The lowest BCUT2D eigenvalue weighted by Gasteiger charge is -2.14. The van der Waals surface area contributed by atoms with Crippen molar-refractivity contribution in [1.82, 2.24) is 15.1 Å². The van der Waals surface area contributed by atoms with Crippen molar-refractivity contribution in [2.75, 3.05) is 13.2 Å². The van der Waals surface area contributed by atoms with Crippen molar-refractivity contribution >= 4 is 17.2 Å². The third-order valence-electron chi connectivity index (χ3n) is 5.56. The number of hydrogen-bond acceptors (Lipinski definition) is 4. The number of fused-ring (bicyclic) bond motifs is 3. The van der Waals surface area contributed by atoms with E-state index < -0.39 is 0 Å². The van der Waals surface area contributed by atoms with Crippen LogP contribution in [-0.2, 0) is 17.6 Å². The predicted octanol–water partition coefficient (Wildman–Crippen LogP) is 3.92. The van der Waals surface area contributed by atoms with Gasteiger partial charge in [0.1, 0.15) is 0 Å². The third kappa shape index (κ3) is 3.06. The minimum absolute atomic E-state index is 0.00422. The number of amides is 1. The molecule has 1 saturated heterocycles. The zero-order chi connectivity index (χ0) is 19.1. The van der Waals surface area contributed by atoms with Crippen molar-refractivity contribution in [3.8, 4) is 16.1 Å². The summed E-state index contributed by atoms with van der Waals surface area (Å²) in [7, 11) is 0. The SMILES string of the molecule is Cc1nn(-c2ccccc2)c2c1-c1sc(C(=O)NC[C@@H]3CCCO3)cc1CC2. The van der Waals surface area contributed by atoms with Gasteiger partial charge in [-0.15, -0.1) is 11.3 Å². The Morgan fingerprint density at radius 2 is 2.18 bits per heavy atom. The Bertz CT molecular complexity index is 1020. The normalized spacial score (nSPS) is 18.0. The summed E-state index contributed by atoms with van der Waals surface area (Å²) in [5.74, 6) is 0.00422. The summed E-state index contributed by atoms with van der Waals surface area (Å²) in [5, 5.41) is 7.86. The number of hydrogen-bond donors (Lipinski definition) is 1. The smallest absolute Gasteiger partial charge is 0.261 e. The van der Waals surface area contributed by atoms with Crippen LogP contribution in [0.4, 0.5) is 0 Å². The summed E-state index contributed by atoms with van der Waals surface area (Å²) in [5.41, 5.74) is 5.81. The van der Waals surface area contributed by atoms with Crippen LogP contribution < -0.4 is 5.32 Å². The highest BCUT2D eigenvalue weighted by atomic mass is 32.1. The number of nitrogens with zero attached hydrogens (tertiary/aromatic N) is 2. The van der Waals surface area contributed by atoms with E-state index >= 15 is 0 Å². The minimum Gasteiger partial charge on any atom is -0.376 e. The molecular weight excluding hydrogens is 370 g/mol. The Balaban J connectivity index is 1.44. The molecule has 5 rings (SSSR count). The van der Waals surface area contributed by atoms with E-state index in [1.807, 2.05) is 18.2 Å². The van der Waals surface area contributed by atoms with Crippen LogP contribution in [0.25, 0.3) is 16.1 Å². The fourth-order valence-electron chi connectivity index (χ4n) is 4.17. The van der Waals surface area contributed by atoms with Crippen LogP contribution in [0.5, 0.6) is 0 Å². The Morgan fingerprint density at radius 1 is 1.32 bits per heavy atom. The van der Waals surface area contributed by atoms with Crippen LogP contribution in [-0.4, -0.2) is 34.9 Å². The number of thiophene rings is 1. The number of aromatic nitrogens is 2. The maximum Gasteiger partial charge on any atom is 0.261 e. The first-order chi connectivity index (χ1) is 13.7. The van der Waals surface area contributed by atoms with Crippen molar-refractivity contribution in [3.63, 3.8) is 0 Å². The standard InChI is InChI=1S/C22H23N3O2S/c1-14-20-18(25(24-14)16-6-3-2-4-7-16)10-9-15-12-19(28-21(15)20)22(26)23-13-17-8-5-11-27-17/h2-4,6-7,12,17H,5,8-11,13H2,1H3,(H,23,26)/t17-/m0/s1. The molecule has 0 radical (unpaired) electrons. The Hall–Kier alpha value is -2.44. The average molecular weight is 394 g/mol. The van der Waals surface area contributed by atoms with Crippen LogP contribution >= 0.6 is 11.3 Å². The van der Waals surface area contributed by atoms with Gasteiger partial charge < -0.3 is 10.1 Å². The summed E-state index contributed by atoms with van der Waals surface area (Å²) in [6, 6.07) is 12.3. The lowest BCUT2D eigenvalue weighted by molar-refractivity contribution is 0.0861. The zero-order valence-corrected chi connectivity index (χ0v) is 16.7. The van der Waals surface area contributed by atoms with E-state index in [-0.39, 0.29) is 12.0 Å². The quantitative estimate of drug-likeness (QED) is 0.731. The zero-order valence-electron chi connectivity index (χ0n) is 15.9. The fourth-order valence-corrected chi connectivity index (χ4v) is 5.42. The number of carbonyl (C=O) groups excluding carboxylic acids is 1. The molecular formula is C22H23N3O2S. The molecule has 5 nitrogen and oxygen atoms in total. The second-order valence-electron chi connectivity index (χ2n) is 7.46. The number of carbonyl (C=O) groups is 1. The van der Waals surface area contributed by atoms with E-state index in [0.717, 1.165) is 48.5 Å². The minimum atomic E-state index is 0.00422. The monoisotopic (exact) mass is 393 g/mol. The molecule has 144 valence electrons. The Morgan fingerprint density at radius 3 is 2.96 bits per heavy atom. The molecule has 3 aromatic rings. The molecule has 0 unspecified atom stereocenters. The maximum atomic E-state index is 12.7. The highest BCUT2D eigenvalue weighted by molar-refractivity contribution is 7.17. The molecule has 3 heterocycles. The van der Waals surface area contributed by atoms with Crippen molar-refractivity contribution in [2.45, 2.75) is 38.7 Å². The highest BCUT2D eigenvalue weighted by Gasteiger charge is 2.28. The molecule has 1 aliphatic heterocycles. The molecule has 1 amide bonds. The van der Waals surface area contributed by atoms with E-state index in [1.165, 1.54) is 21.7 Å². The molecule has 2 aliphatic rings. The Kier molecular flexibility index (Phi) is 4.53. The summed E-state index contributed by atoms with van der Waals surface area (Å²) < 4.78 is 7.67. The van der Waals surface area contributed by atoms with E-state index in [4.69, 9.17) is 9.84 Å². The van der Waals surface area contributed by atoms with Crippen LogP contribution in [0.2, 0.25) is 0 Å². The molecule has 1 aromatic carbocycles. The highest BCUT2D eigenvalue weighted by Crippen LogP contribution is 2.42. The van der Waals surface area contributed by atoms with Crippen LogP contribution in [0.1, 0.15) is 39.5 Å². The third-order valence-corrected chi connectivity index (χ3v) is 6.76. The molecule has 1 aliphatic carbocycles. The van der Waals surface area contributed by atoms with E-state index in [9.17, 15) is 4.79 Å². The van der Waals surface area contributed by atoms with Crippen molar-refractivity contribution in [2.24, 2.45) is 0 Å². The first kappa shape index (κ1) is 17.6. The number of rotatable bonds is 4. The van der Waals surface area contributed by atoms with Crippen LogP contribution in [0.3, 0.4) is 0 Å². The lowest BCUT2D eigenvalue weighted by Crippen LogP contribution is -2.31. The van der Waals surface area contributed by atoms with Gasteiger partial charge in [-0.2, -0.15) is 5.10 Å². The molecule has 1 atom stereocenters. The van der Waals surface area contributed by atoms with E-state index in [2.05, 4.69) is 35.1 Å². The average Bonchev–Trinajstić information content (AvgIpc) is 3.45. The van der Waals surface area contributed by atoms with Gasteiger partial charge in [-0.05, 0) is 56.4 Å². The van der Waals surface area contributed by atoms with Gasteiger partial charge in [0.15, 0.2) is 0 Å². The fraction of sp³-hybridized carbons (Fsp3) is 0.364. The molecule has 0 bridgehead atoms. The lowest BCUT2D eigenvalue weighted by atomic mass is 9.95. The van der Waals surface area contributed by atoms with Gasteiger partial charge in [0.25, 0.3) is 5.91 Å². The van der Waals surface area contributed by atoms with Crippen molar-refractivity contribution < 1.29 is 9.53 Å². The van der Waals surface area contributed by atoms with Gasteiger partial charge >= 0.3 is 0 Å². The van der Waals surface area contributed by atoms with E-state index in [0.29, 0.717) is 6.54 Å². The second kappa shape index (κ2) is 7.18. The van der Waals surface area contributed by atoms with Gasteiger partial charge in [0, 0.05) is 23.6 Å². The summed E-state index contributed by atoms with van der Waals surface area (Å²) in [6.45, 7) is 3.46. The van der Waals surface area contributed by atoms with Gasteiger partial charge in [-0.1, -0.05) is 18.2 Å². The predicted molar refractivity (Wildman–Crippen MR) is 110 cm³/mol. The number of aryl methyl sites for hydroxylation is 2.